The highest BCUT2D eigenvalue weighted by atomic mass is 16.5. The van der Waals surface area contributed by atoms with Crippen molar-refractivity contribution >= 4 is 11.4 Å². The first-order valence-corrected chi connectivity index (χ1v) is 12.2. The summed E-state index contributed by atoms with van der Waals surface area (Å²) in [7, 11) is 0. The van der Waals surface area contributed by atoms with Crippen LogP contribution in [-0.4, -0.2) is 38.6 Å². The van der Waals surface area contributed by atoms with Crippen molar-refractivity contribution in [3.05, 3.63) is 54.6 Å². The van der Waals surface area contributed by atoms with Crippen molar-refractivity contribution in [3.63, 3.8) is 0 Å². The van der Waals surface area contributed by atoms with Gasteiger partial charge in [0.25, 0.3) is 0 Å². The fraction of sp³-hybridized carbons (Fsp3) is 0.571. The monoisotopic (exact) mass is 439 g/mol. The number of ether oxygens (including phenoxy) is 3. The molecule has 1 aliphatic heterocycles. The average Bonchev–Trinajstić information content (AvgIpc) is 2.75. The molecule has 0 aliphatic carbocycles. The largest absolute Gasteiger partial charge is 0.494 e. The molecule has 0 radical (unpaired) electrons. The summed E-state index contributed by atoms with van der Waals surface area (Å²) in [5.41, 5.74) is 2.66. The van der Waals surface area contributed by atoms with E-state index in [1.54, 1.807) is 0 Å². The lowest BCUT2D eigenvalue weighted by atomic mass is 9.84. The summed E-state index contributed by atoms with van der Waals surface area (Å²) >= 11 is 0. The molecule has 0 bridgehead atoms. The fourth-order valence-electron chi connectivity index (χ4n) is 4.11. The summed E-state index contributed by atoms with van der Waals surface area (Å²) in [6.45, 7) is 13.1. The third-order valence-electron chi connectivity index (χ3n) is 6.21. The molecule has 4 heteroatoms. The third kappa shape index (κ3) is 6.98. The van der Waals surface area contributed by atoms with Crippen molar-refractivity contribution in [3.8, 4) is 5.75 Å². The Morgan fingerprint density at radius 3 is 2.03 bits per heavy atom. The zero-order chi connectivity index (χ0) is 22.9. The van der Waals surface area contributed by atoms with Crippen LogP contribution in [0.25, 0.3) is 0 Å². The van der Waals surface area contributed by atoms with Gasteiger partial charge in [0.1, 0.15) is 5.75 Å². The van der Waals surface area contributed by atoms with Gasteiger partial charge in [-0.3, -0.25) is 0 Å². The van der Waals surface area contributed by atoms with Gasteiger partial charge >= 0.3 is 0 Å². The van der Waals surface area contributed by atoms with E-state index in [0.29, 0.717) is 5.41 Å². The maximum absolute atomic E-state index is 5.98. The topological polar surface area (TPSA) is 30.9 Å². The van der Waals surface area contributed by atoms with Gasteiger partial charge in [0.05, 0.1) is 26.4 Å². The molecule has 0 amide bonds. The van der Waals surface area contributed by atoms with E-state index in [2.05, 4.69) is 87.2 Å². The Morgan fingerprint density at radius 2 is 1.47 bits per heavy atom. The lowest BCUT2D eigenvalue weighted by Gasteiger charge is -2.40. The Hall–Kier alpha value is -2.04. The van der Waals surface area contributed by atoms with E-state index in [-0.39, 0.29) is 5.54 Å². The molecule has 0 saturated carbocycles. The van der Waals surface area contributed by atoms with Gasteiger partial charge in [-0.25, -0.2) is 0 Å². The van der Waals surface area contributed by atoms with Gasteiger partial charge < -0.3 is 19.1 Å². The zero-order valence-corrected chi connectivity index (χ0v) is 20.4. The zero-order valence-electron chi connectivity index (χ0n) is 20.4. The molecule has 0 spiro atoms. The molecular formula is C28H41NO3. The van der Waals surface area contributed by atoms with Crippen LogP contribution in [0.4, 0.5) is 11.4 Å². The Morgan fingerprint density at radius 1 is 0.844 bits per heavy atom. The molecule has 1 heterocycles. The molecular weight excluding hydrogens is 398 g/mol. The molecule has 4 nitrogen and oxygen atoms in total. The summed E-state index contributed by atoms with van der Waals surface area (Å²) in [6.07, 6.45) is 5.71. The smallest absolute Gasteiger partial charge is 0.119 e. The van der Waals surface area contributed by atoms with Crippen LogP contribution in [-0.2, 0) is 9.47 Å². The predicted octanol–water partition coefficient (Wildman–Crippen LogP) is 7.01. The van der Waals surface area contributed by atoms with Gasteiger partial charge in [-0.15, -0.1) is 0 Å². The molecule has 0 aromatic heterocycles. The van der Waals surface area contributed by atoms with E-state index in [1.807, 2.05) is 0 Å². The number of para-hydroxylation sites is 1. The first kappa shape index (κ1) is 24.6. The standard InChI is InChI=1S/C28H41NO3/c1-5-28(22-31-23-28)21-30-19-11-6-7-12-20-32-26-17-15-25(16-18-26)29(27(2,3)4)24-13-9-8-10-14-24/h8-10,13-18H,5-7,11-12,19-23H2,1-4H3. The number of hydrogen-bond acceptors (Lipinski definition) is 4. The Balaban J connectivity index is 1.34. The van der Waals surface area contributed by atoms with Crippen LogP contribution in [0.5, 0.6) is 5.75 Å². The molecule has 2 aromatic rings. The number of rotatable bonds is 13. The number of nitrogens with zero attached hydrogens (tertiary/aromatic N) is 1. The highest BCUT2D eigenvalue weighted by Crippen LogP contribution is 2.34. The predicted molar refractivity (Wildman–Crippen MR) is 133 cm³/mol. The summed E-state index contributed by atoms with van der Waals surface area (Å²) in [6, 6.07) is 19.0. The lowest BCUT2D eigenvalue weighted by Crippen LogP contribution is -2.45. The minimum atomic E-state index is -0.0176. The van der Waals surface area contributed by atoms with Gasteiger partial charge in [-0.2, -0.15) is 0 Å². The molecule has 2 aromatic carbocycles. The van der Waals surface area contributed by atoms with Crippen LogP contribution in [0.15, 0.2) is 54.6 Å². The SMILES string of the molecule is CCC1(COCCCCCCOc2ccc(N(c3ccccc3)C(C)(C)C)cc2)COC1. The van der Waals surface area contributed by atoms with Crippen LogP contribution in [0.1, 0.15) is 59.8 Å². The van der Waals surface area contributed by atoms with Gasteiger partial charge in [0, 0.05) is 28.9 Å². The summed E-state index contributed by atoms with van der Waals surface area (Å²) in [4.78, 5) is 2.36. The van der Waals surface area contributed by atoms with Crippen molar-refractivity contribution in [2.75, 3.05) is 37.9 Å². The van der Waals surface area contributed by atoms with Gasteiger partial charge in [0.15, 0.2) is 0 Å². The summed E-state index contributed by atoms with van der Waals surface area (Å²) in [5.74, 6) is 0.937. The second-order valence-corrected chi connectivity index (χ2v) is 10.00. The molecule has 1 saturated heterocycles. The van der Waals surface area contributed by atoms with E-state index in [4.69, 9.17) is 14.2 Å². The van der Waals surface area contributed by atoms with Crippen LogP contribution in [0.3, 0.4) is 0 Å². The van der Waals surface area contributed by atoms with Gasteiger partial charge in [-0.05, 0) is 82.9 Å². The van der Waals surface area contributed by atoms with Crippen LogP contribution in [0, 0.1) is 5.41 Å². The Labute approximate surface area is 194 Å². The molecule has 176 valence electrons. The van der Waals surface area contributed by atoms with Crippen LogP contribution >= 0.6 is 0 Å². The van der Waals surface area contributed by atoms with E-state index >= 15 is 0 Å². The second-order valence-electron chi connectivity index (χ2n) is 10.00. The maximum atomic E-state index is 5.98. The number of benzene rings is 2. The minimum absolute atomic E-state index is 0.0176. The van der Waals surface area contributed by atoms with Crippen molar-refractivity contribution in [1.82, 2.24) is 0 Å². The number of hydrogen-bond donors (Lipinski definition) is 0. The number of anilines is 2. The van der Waals surface area contributed by atoms with Crippen molar-refractivity contribution in [2.45, 2.75) is 65.3 Å². The van der Waals surface area contributed by atoms with Crippen LogP contribution in [0.2, 0.25) is 0 Å². The Kier molecular flexibility index (Phi) is 9.01. The van der Waals surface area contributed by atoms with Crippen molar-refractivity contribution in [2.24, 2.45) is 5.41 Å². The summed E-state index contributed by atoms with van der Waals surface area (Å²) < 4.78 is 17.2. The fourth-order valence-corrected chi connectivity index (χ4v) is 4.11. The number of unbranched alkanes of at least 4 members (excludes halogenated alkanes) is 3. The van der Waals surface area contributed by atoms with Crippen molar-refractivity contribution < 1.29 is 14.2 Å². The Bertz CT molecular complexity index is 773. The molecule has 32 heavy (non-hydrogen) atoms. The van der Waals surface area contributed by atoms with E-state index in [9.17, 15) is 0 Å². The molecule has 0 N–H and O–H groups in total. The van der Waals surface area contributed by atoms with Gasteiger partial charge in [0.2, 0.25) is 0 Å². The van der Waals surface area contributed by atoms with Crippen molar-refractivity contribution in [1.29, 1.82) is 0 Å². The lowest BCUT2D eigenvalue weighted by molar-refractivity contribution is -0.150. The maximum Gasteiger partial charge on any atom is 0.119 e. The van der Waals surface area contributed by atoms with E-state index in [1.165, 1.54) is 24.2 Å². The minimum Gasteiger partial charge on any atom is -0.494 e. The van der Waals surface area contributed by atoms with E-state index in [0.717, 1.165) is 58.0 Å². The summed E-state index contributed by atoms with van der Waals surface area (Å²) in [5, 5.41) is 0. The van der Waals surface area contributed by atoms with E-state index < -0.39 is 0 Å². The molecule has 0 atom stereocenters. The molecule has 1 fully saturated rings. The highest BCUT2D eigenvalue weighted by Gasteiger charge is 2.36. The van der Waals surface area contributed by atoms with Gasteiger partial charge in [-0.1, -0.05) is 31.5 Å². The molecule has 1 aliphatic rings. The molecule has 0 unspecified atom stereocenters. The second kappa shape index (κ2) is 11.7. The molecule has 3 rings (SSSR count). The normalized spacial score (nSPS) is 15.2. The third-order valence-corrected chi connectivity index (χ3v) is 6.21. The first-order valence-electron chi connectivity index (χ1n) is 12.2. The van der Waals surface area contributed by atoms with Crippen LogP contribution < -0.4 is 9.64 Å². The highest BCUT2D eigenvalue weighted by molar-refractivity contribution is 5.65. The average molecular weight is 440 g/mol. The quantitative estimate of drug-likeness (QED) is 0.314. The first-order chi connectivity index (χ1) is 15.4.